The van der Waals surface area contributed by atoms with Crippen molar-refractivity contribution in [2.24, 2.45) is 0 Å². The first-order valence-electron chi connectivity index (χ1n) is 4.70. The SMILES string of the molecule is Nc1csc2nc(-c3cc(Cl)ccc3F)nn12. The summed E-state index contributed by atoms with van der Waals surface area (Å²) in [6.45, 7) is 0. The van der Waals surface area contributed by atoms with Crippen LogP contribution in [0.4, 0.5) is 10.2 Å². The van der Waals surface area contributed by atoms with Crippen LogP contribution in [0, 0.1) is 5.82 Å². The van der Waals surface area contributed by atoms with E-state index in [9.17, 15) is 4.39 Å². The minimum Gasteiger partial charge on any atom is -0.383 e. The standard InChI is InChI=1S/C10H6ClFN4S/c11-5-1-2-7(12)6(3-5)9-14-10-16(15-9)8(13)4-17-10/h1-4H,13H2. The Morgan fingerprint density at radius 1 is 1.41 bits per heavy atom. The van der Waals surface area contributed by atoms with Gasteiger partial charge in [-0.25, -0.2) is 4.39 Å². The molecule has 0 atom stereocenters. The van der Waals surface area contributed by atoms with Crippen LogP contribution in [-0.2, 0) is 0 Å². The van der Waals surface area contributed by atoms with E-state index >= 15 is 0 Å². The molecule has 0 aliphatic rings. The molecule has 0 bridgehead atoms. The Balaban J connectivity index is 2.23. The Morgan fingerprint density at radius 3 is 3.00 bits per heavy atom. The maximum atomic E-state index is 13.6. The molecule has 0 amide bonds. The van der Waals surface area contributed by atoms with E-state index in [1.165, 1.54) is 34.1 Å². The quantitative estimate of drug-likeness (QED) is 0.738. The van der Waals surface area contributed by atoms with Gasteiger partial charge in [-0.3, -0.25) is 0 Å². The van der Waals surface area contributed by atoms with Crippen LogP contribution in [0.5, 0.6) is 0 Å². The van der Waals surface area contributed by atoms with E-state index < -0.39 is 5.82 Å². The van der Waals surface area contributed by atoms with Gasteiger partial charge >= 0.3 is 0 Å². The van der Waals surface area contributed by atoms with Gasteiger partial charge in [0, 0.05) is 10.4 Å². The summed E-state index contributed by atoms with van der Waals surface area (Å²) in [5.41, 5.74) is 5.96. The van der Waals surface area contributed by atoms with Gasteiger partial charge in [-0.05, 0) is 18.2 Å². The first-order chi connectivity index (χ1) is 8.15. The van der Waals surface area contributed by atoms with E-state index in [0.717, 1.165) is 0 Å². The predicted molar refractivity (Wildman–Crippen MR) is 65.7 cm³/mol. The third kappa shape index (κ3) is 1.65. The van der Waals surface area contributed by atoms with Gasteiger partial charge < -0.3 is 5.73 Å². The number of halogens is 2. The Bertz CT molecular complexity index is 705. The molecule has 0 aliphatic heterocycles. The van der Waals surface area contributed by atoms with E-state index in [-0.39, 0.29) is 11.4 Å². The molecule has 0 unspecified atom stereocenters. The fourth-order valence-electron chi connectivity index (χ4n) is 1.49. The summed E-state index contributed by atoms with van der Waals surface area (Å²) in [6.07, 6.45) is 0. The third-order valence-corrected chi connectivity index (χ3v) is 3.35. The van der Waals surface area contributed by atoms with Gasteiger partial charge in [0.2, 0.25) is 4.96 Å². The maximum absolute atomic E-state index is 13.6. The van der Waals surface area contributed by atoms with Gasteiger partial charge in [0.1, 0.15) is 11.6 Å². The summed E-state index contributed by atoms with van der Waals surface area (Å²) in [5, 5.41) is 6.30. The number of hydrogen-bond acceptors (Lipinski definition) is 4. The molecule has 1 aromatic carbocycles. The lowest BCUT2D eigenvalue weighted by Crippen LogP contribution is -1.93. The Labute approximate surface area is 104 Å². The van der Waals surface area contributed by atoms with Crippen LogP contribution >= 0.6 is 22.9 Å². The normalized spacial score (nSPS) is 11.2. The number of hydrogen-bond donors (Lipinski definition) is 1. The summed E-state index contributed by atoms with van der Waals surface area (Å²) < 4.78 is 15.1. The molecular formula is C10H6ClFN4S. The van der Waals surface area contributed by atoms with Crippen molar-refractivity contribution in [1.29, 1.82) is 0 Å². The number of nitrogens with zero attached hydrogens (tertiary/aromatic N) is 3. The molecule has 3 aromatic rings. The average molecular weight is 269 g/mol. The molecule has 0 aliphatic carbocycles. The lowest BCUT2D eigenvalue weighted by atomic mass is 10.2. The van der Waals surface area contributed by atoms with Crippen molar-refractivity contribution >= 4 is 33.7 Å². The van der Waals surface area contributed by atoms with Crippen molar-refractivity contribution in [2.75, 3.05) is 5.73 Å². The van der Waals surface area contributed by atoms with Crippen molar-refractivity contribution in [3.8, 4) is 11.4 Å². The number of nitrogens with two attached hydrogens (primary N) is 1. The largest absolute Gasteiger partial charge is 0.383 e. The summed E-state index contributed by atoms with van der Waals surface area (Å²) in [4.78, 5) is 4.82. The lowest BCUT2D eigenvalue weighted by Gasteiger charge is -1.98. The number of fused-ring (bicyclic) bond motifs is 1. The summed E-state index contributed by atoms with van der Waals surface area (Å²) in [7, 11) is 0. The molecule has 0 saturated carbocycles. The minimum atomic E-state index is -0.411. The molecule has 2 heterocycles. The summed E-state index contributed by atoms with van der Waals surface area (Å²) in [5.74, 6) is 0.348. The highest BCUT2D eigenvalue weighted by molar-refractivity contribution is 7.15. The number of thiazole rings is 1. The molecule has 0 fully saturated rings. The van der Waals surface area contributed by atoms with Crippen LogP contribution < -0.4 is 5.73 Å². The van der Waals surface area contributed by atoms with E-state index in [2.05, 4.69) is 10.1 Å². The highest BCUT2D eigenvalue weighted by atomic mass is 35.5. The van der Waals surface area contributed by atoms with Crippen molar-refractivity contribution < 1.29 is 4.39 Å². The lowest BCUT2D eigenvalue weighted by molar-refractivity contribution is 0.630. The Kier molecular flexibility index (Phi) is 2.27. The molecule has 0 saturated heterocycles. The zero-order chi connectivity index (χ0) is 12.0. The summed E-state index contributed by atoms with van der Waals surface area (Å²) in [6, 6.07) is 4.26. The monoisotopic (exact) mass is 268 g/mol. The molecular weight excluding hydrogens is 263 g/mol. The van der Waals surface area contributed by atoms with Gasteiger partial charge in [0.05, 0.1) is 5.56 Å². The highest BCUT2D eigenvalue weighted by Crippen LogP contribution is 2.26. The summed E-state index contributed by atoms with van der Waals surface area (Å²) >= 11 is 7.17. The van der Waals surface area contributed by atoms with Gasteiger partial charge in [-0.1, -0.05) is 11.6 Å². The van der Waals surface area contributed by atoms with Gasteiger partial charge in [-0.2, -0.15) is 9.50 Å². The van der Waals surface area contributed by atoms with E-state index in [1.54, 1.807) is 5.38 Å². The van der Waals surface area contributed by atoms with Crippen LogP contribution in [0.2, 0.25) is 5.02 Å². The highest BCUT2D eigenvalue weighted by Gasteiger charge is 2.13. The molecule has 86 valence electrons. The van der Waals surface area contributed by atoms with Crippen LogP contribution in [0.1, 0.15) is 0 Å². The number of nitrogen functional groups attached to an aromatic ring is 1. The van der Waals surface area contributed by atoms with Crippen molar-refractivity contribution in [3.63, 3.8) is 0 Å². The van der Waals surface area contributed by atoms with Gasteiger partial charge in [-0.15, -0.1) is 16.4 Å². The fraction of sp³-hybridized carbons (Fsp3) is 0. The zero-order valence-electron chi connectivity index (χ0n) is 8.39. The second kappa shape index (κ2) is 3.68. The molecule has 4 nitrogen and oxygen atoms in total. The fourth-order valence-corrected chi connectivity index (χ4v) is 2.37. The number of benzene rings is 1. The molecule has 0 radical (unpaired) electrons. The van der Waals surface area contributed by atoms with Crippen molar-refractivity contribution in [3.05, 3.63) is 34.4 Å². The predicted octanol–water partition coefficient (Wildman–Crippen LogP) is 2.83. The smallest absolute Gasteiger partial charge is 0.214 e. The van der Waals surface area contributed by atoms with Crippen molar-refractivity contribution in [1.82, 2.24) is 14.6 Å². The van der Waals surface area contributed by atoms with Gasteiger partial charge in [0.15, 0.2) is 5.82 Å². The van der Waals surface area contributed by atoms with Crippen LogP contribution in [0.25, 0.3) is 16.3 Å². The molecule has 0 spiro atoms. The third-order valence-electron chi connectivity index (χ3n) is 2.28. The maximum Gasteiger partial charge on any atom is 0.214 e. The molecule has 2 aromatic heterocycles. The topological polar surface area (TPSA) is 56.2 Å². The average Bonchev–Trinajstić information content (AvgIpc) is 2.85. The zero-order valence-corrected chi connectivity index (χ0v) is 9.96. The number of aromatic nitrogens is 3. The molecule has 7 heteroatoms. The first-order valence-corrected chi connectivity index (χ1v) is 5.96. The van der Waals surface area contributed by atoms with Crippen LogP contribution in [0.15, 0.2) is 23.6 Å². The Hall–Kier alpha value is -1.66. The van der Waals surface area contributed by atoms with E-state index in [1.807, 2.05) is 0 Å². The minimum absolute atomic E-state index is 0.271. The van der Waals surface area contributed by atoms with E-state index in [4.69, 9.17) is 17.3 Å². The van der Waals surface area contributed by atoms with E-state index in [0.29, 0.717) is 15.8 Å². The van der Waals surface area contributed by atoms with Crippen LogP contribution in [0.3, 0.4) is 0 Å². The second-order valence-corrected chi connectivity index (χ2v) is 4.69. The molecule has 2 N–H and O–H groups in total. The second-order valence-electron chi connectivity index (χ2n) is 3.41. The first kappa shape index (κ1) is 10.5. The van der Waals surface area contributed by atoms with Crippen LogP contribution in [-0.4, -0.2) is 14.6 Å². The number of anilines is 1. The molecule has 17 heavy (non-hydrogen) atoms. The Morgan fingerprint density at radius 2 is 2.24 bits per heavy atom. The van der Waals surface area contributed by atoms with Crippen molar-refractivity contribution in [2.45, 2.75) is 0 Å². The number of rotatable bonds is 1. The molecule has 3 rings (SSSR count). The van der Waals surface area contributed by atoms with Gasteiger partial charge in [0.25, 0.3) is 0 Å².